The fraction of sp³-hybridized carbons (Fsp3) is 0.278. The maximum Gasteiger partial charge on any atom is 0.262 e. The lowest BCUT2D eigenvalue weighted by Gasteiger charge is -2.12. The lowest BCUT2D eigenvalue weighted by atomic mass is 9.98. The molecule has 1 amide bonds. The van der Waals surface area contributed by atoms with Crippen molar-refractivity contribution in [3.8, 4) is 5.75 Å². The Morgan fingerprint density at radius 2 is 2.00 bits per heavy atom. The van der Waals surface area contributed by atoms with Crippen LogP contribution in [0.25, 0.3) is 0 Å². The molecule has 0 spiro atoms. The highest BCUT2D eigenvalue weighted by Gasteiger charge is 2.07. The highest BCUT2D eigenvalue weighted by atomic mass is 35.5. The fourth-order valence-electron chi connectivity index (χ4n) is 2.30. The molecule has 2 aromatic carbocycles. The molecular weight excluding hydrogens is 298 g/mol. The summed E-state index contributed by atoms with van der Waals surface area (Å²) in [7, 11) is 0. The number of aryl methyl sites for hydroxylation is 1. The highest BCUT2D eigenvalue weighted by molar-refractivity contribution is 6.30. The second-order valence-corrected chi connectivity index (χ2v) is 5.96. The minimum Gasteiger partial charge on any atom is -0.484 e. The van der Waals surface area contributed by atoms with Crippen LogP contribution in [0.2, 0.25) is 5.02 Å². The monoisotopic (exact) mass is 317 g/mol. The first kappa shape index (κ1) is 16.4. The first-order chi connectivity index (χ1) is 10.5. The third-order valence-electron chi connectivity index (χ3n) is 3.34. The summed E-state index contributed by atoms with van der Waals surface area (Å²) in [5, 5.41) is 3.33. The molecule has 0 aromatic heterocycles. The number of anilines is 1. The normalized spacial score (nSPS) is 10.6. The van der Waals surface area contributed by atoms with Crippen molar-refractivity contribution in [1.29, 1.82) is 0 Å². The van der Waals surface area contributed by atoms with Gasteiger partial charge in [0.15, 0.2) is 6.61 Å². The molecule has 0 unspecified atom stereocenters. The van der Waals surface area contributed by atoms with Crippen LogP contribution in [0.5, 0.6) is 5.75 Å². The summed E-state index contributed by atoms with van der Waals surface area (Å²) in [6.07, 6.45) is 0. The van der Waals surface area contributed by atoms with Crippen LogP contribution in [0.15, 0.2) is 42.5 Å². The molecule has 3 nitrogen and oxygen atoms in total. The van der Waals surface area contributed by atoms with E-state index in [9.17, 15) is 4.79 Å². The molecule has 0 bridgehead atoms. The summed E-state index contributed by atoms with van der Waals surface area (Å²) >= 11 is 5.88. The number of hydrogen-bond acceptors (Lipinski definition) is 2. The molecule has 116 valence electrons. The predicted molar refractivity (Wildman–Crippen MR) is 90.8 cm³/mol. The van der Waals surface area contributed by atoms with E-state index in [4.69, 9.17) is 16.3 Å². The zero-order chi connectivity index (χ0) is 16.1. The Labute approximate surface area is 136 Å². The number of rotatable bonds is 5. The van der Waals surface area contributed by atoms with Crippen molar-refractivity contribution in [2.75, 3.05) is 11.9 Å². The van der Waals surface area contributed by atoms with Gasteiger partial charge in [0.05, 0.1) is 0 Å². The minimum atomic E-state index is -0.215. The minimum absolute atomic E-state index is 0.0347. The van der Waals surface area contributed by atoms with Gasteiger partial charge in [-0.1, -0.05) is 37.6 Å². The van der Waals surface area contributed by atoms with Gasteiger partial charge in [-0.3, -0.25) is 4.79 Å². The number of halogens is 1. The van der Waals surface area contributed by atoms with E-state index in [1.807, 2.05) is 25.1 Å². The third-order valence-corrected chi connectivity index (χ3v) is 3.58. The van der Waals surface area contributed by atoms with Crippen molar-refractivity contribution < 1.29 is 9.53 Å². The smallest absolute Gasteiger partial charge is 0.262 e. The summed E-state index contributed by atoms with van der Waals surface area (Å²) in [5.41, 5.74) is 3.12. The van der Waals surface area contributed by atoms with E-state index in [1.54, 1.807) is 24.3 Å². The van der Waals surface area contributed by atoms with E-state index < -0.39 is 0 Å². The van der Waals surface area contributed by atoms with Gasteiger partial charge < -0.3 is 10.1 Å². The topological polar surface area (TPSA) is 38.3 Å². The number of carbonyl (C=O) groups excluding carboxylic acids is 1. The zero-order valence-corrected chi connectivity index (χ0v) is 13.8. The number of nitrogens with one attached hydrogen (secondary N) is 1. The van der Waals surface area contributed by atoms with Crippen molar-refractivity contribution in [3.05, 3.63) is 58.6 Å². The van der Waals surface area contributed by atoms with Crippen molar-refractivity contribution in [2.45, 2.75) is 26.7 Å². The molecule has 0 saturated heterocycles. The van der Waals surface area contributed by atoms with Gasteiger partial charge in [-0.05, 0) is 54.3 Å². The molecule has 2 rings (SSSR count). The van der Waals surface area contributed by atoms with Gasteiger partial charge in [-0.25, -0.2) is 0 Å². The molecule has 0 aliphatic heterocycles. The Balaban J connectivity index is 1.92. The van der Waals surface area contributed by atoms with Crippen molar-refractivity contribution in [3.63, 3.8) is 0 Å². The summed E-state index contributed by atoms with van der Waals surface area (Å²) in [6.45, 7) is 6.32. The van der Waals surface area contributed by atoms with Gasteiger partial charge in [-0.2, -0.15) is 0 Å². The van der Waals surface area contributed by atoms with Gasteiger partial charge in [-0.15, -0.1) is 0 Å². The number of carbonyl (C=O) groups is 1. The average molecular weight is 318 g/mol. The second-order valence-electron chi connectivity index (χ2n) is 5.52. The van der Waals surface area contributed by atoms with E-state index in [0.29, 0.717) is 22.4 Å². The number of hydrogen-bond donors (Lipinski definition) is 1. The van der Waals surface area contributed by atoms with Crippen LogP contribution in [0, 0.1) is 6.92 Å². The van der Waals surface area contributed by atoms with Crippen molar-refractivity contribution in [1.82, 2.24) is 0 Å². The summed E-state index contributed by atoms with van der Waals surface area (Å²) < 4.78 is 5.54. The summed E-state index contributed by atoms with van der Waals surface area (Å²) in [6, 6.07) is 12.9. The lowest BCUT2D eigenvalue weighted by Crippen LogP contribution is -2.20. The van der Waals surface area contributed by atoms with E-state index in [2.05, 4.69) is 19.2 Å². The predicted octanol–water partition coefficient (Wildman–Crippen LogP) is 4.79. The molecular formula is C18H20ClNO2. The fourth-order valence-corrected chi connectivity index (χ4v) is 2.49. The molecule has 1 N–H and O–H groups in total. The molecule has 4 heteroatoms. The Bertz CT molecular complexity index is 668. The zero-order valence-electron chi connectivity index (χ0n) is 13.0. The highest BCUT2D eigenvalue weighted by Crippen LogP contribution is 2.23. The number of benzene rings is 2. The summed E-state index contributed by atoms with van der Waals surface area (Å²) in [5.74, 6) is 0.955. The van der Waals surface area contributed by atoms with Crippen LogP contribution in [0.3, 0.4) is 0 Å². The van der Waals surface area contributed by atoms with Gasteiger partial charge in [0.2, 0.25) is 0 Å². The standard InChI is InChI=1S/C18H20ClNO2/c1-12(2)17-8-7-16(9-13(17)3)22-11-18(21)20-15-6-4-5-14(19)10-15/h4-10,12H,11H2,1-3H3,(H,20,21). The third kappa shape index (κ3) is 4.50. The van der Waals surface area contributed by atoms with Crippen LogP contribution >= 0.6 is 11.6 Å². The van der Waals surface area contributed by atoms with E-state index in [1.165, 1.54) is 11.1 Å². The Morgan fingerprint density at radius 1 is 1.23 bits per heavy atom. The first-order valence-electron chi connectivity index (χ1n) is 7.24. The molecule has 0 radical (unpaired) electrons. The van der Waals surface area contributed by atoms with Crippen LogP contribution in [-0.2, 0) is 4.79 Å². The molecule has 2 aromatic rings. The average Bonchev–Trinajstić information content (AvgIpc) is 2.45. The Hall–Kier alpha value is -2.00. The SMILES string of the molecule is Cc1cc(OCC(=O)Nc2cccc(Cl)c2)ccc1C(C)C. The number of ether oxygens (including phenoxy) is 1. The van der Waals surface area contributed by atoms with Gasteiger partial charge in [0.1, 0.15) is 5.75 Å². The molecule has 0 aliphatic carbocycles. The molecule has 0 atom stereocenters. The van der Waals surface area contributed by atoms with Crippen molar-refractivity contribution >= 4 is 23.2 Å². The van der Waals surface area contributed by atoms with Crippen LogP contribution in [-0.4, -0.2) is 12.5 Å². The van der Waals surface area contributed by atoms with E-state index >= 15 is 0 Å². The van der Waals surface area contributed by atoms with Gasteiger partial charge >= 0.3 is 0 Å². The first-order valence-corrected chi connectivity index (χ1v) is 7.62. The molecule has 0 heterocycles. The van der Waals surface area contributed by atoms with Crippen LogP contribution < -0.4 is 10.1 Å². The Kier molecular flexibility index (Phi) is 5.45. The largest absolute Gasteiger partial charge is 0.484 e. The second kappa shape index (κ2) is 7.32. The maximum atomic E-state index is 11.9. The summed E-state index contributed by atoms with van der Waals surface area (Å²) in [4.78, 5) is 11.9. The molecule has 0 saturated carbocycles. The number of amides is 1. The quantitative estimate of drug-likeness (QED) is 0.861. The van der Waals surface area contributed by atoms with Gasteiger partial charge in [0.25, 0.3) is 5.91 Å². The Morgan fingerprint density at radius 3 is 2.64 bits per heavy atom. The molecule has 0 fully saturated rings. The van der Waals surface area contributed by atoms with Crippen LogP contribution in [0.4, 0.5) is 5.69 Å². The van der Waals surface area contributed by atoms with Crippen LogP contribution in [0.1, 0.15) is 30.9 Å². The molecule has 22 heavy (non-hydrogen) atoms. The van der Waals surface area contributed by atoms with Gasteiger partial charge in [0, 0.05) is 10.7 Å². The lowest BCUT2D eigenvalue weighted by molar-refractivity contribution is -0.118. The molecule has 0 aliphatic rings. The maximum absolute atomic E-state index is 11.9. The van der Waals surface area contributed by atoms with Crippen molar-refractivity contribution in [2.24, 2.45) is 0 Å². The van der Waals surface area contributed by atoms with E-state index in [0.717, 1.165) is 0 Å². The van der Waals surface area contributed by atoms with E-state index in [-0.39, 0.29) is 12.5 Å².